The highest BCUT2D eigenvalue weighted by molar-refractivity contribution is 5.10. The molecule has 0 heterocycles. The predicted octanol–water partition coefficient (Wildman–Crippen LogP) is 5.03. The third-order valence-electron chi connectivity index (χ3n) is 8.85. The van der Waals surface area contributed by atoms with E-state index in [9.17, 15) is 5.11 Å². The first-order chi connectivity index (χ1) is 9.97. The second-order valence-corrected chi connectivity index (χ2v) is 9.60. The van der Waals surface area contributed by atoms with Crippen LogP contribution in [0.5, 0.6) is 0 Å². The van der Waals surface area contributed by atoms with E-state index in [4.69, 9.17) is 0 Å². The van der Waals surface area contributed by atoms with Crippen LogP contribution in [0.15, 0.2) is 0 Å². The van der Waals surface area contributed by atoms with Gasteiger partial charge in [-0.1, -0.05) is 33.6 Å². The molecule has 4 aliphatic rings. The number of aliphatic hydroxyl groups is 1. The molecule has 0 aliphatic heterocycles. The molecule has 0 bridgehead atoms. The van der Waals surface area contributed by atoms with Crippen LogP contribution >= 0.6 is 0 Å². The van der Waals surface area contributed by atoms with Crippen LogP contribution in [0, 0.1) is 40.4 Å². The summed E-state index contributed by atoms with van der Waals surface area (Å²) in [5.74, 6) is 4.42. The lowest BCUT2D eigenvalue weighted by Gasteiger charge is -2.60. The van der Waals surface area contributed by atoms with Crippen LogP contribution < -0.4 is 0 Å². The highest BCUT2D eigenvalue weighted by Crippen LogP contribution is 2.67. The van der Waals surface area contributed by atoms with Crippen molar-refractivity contribution < 1.29 is 5.11 Å². The monoisotopic (exact) mass is 290 g/mol. The van der Waals surface area contributed by atoms with Gasteiger partial charge < -0.3 is 5.11 Å². The molecule has 4 rings (SSSR count). The molecule has 4 aliphatic carbocycles. The Morgan fingerprint density at radius 3 is 2.52 bits per heavy atom. The van der Waals surface area contributed by atoms with E-state index in [1.807, 2.05) is 0 Å². The van der Waals surface area contributed by atoms with Crippen LogP contribution in [0.3, 0.4) is 0 Å². The molecule has 4 saturated carbocycles. The van der Waals surface area contributed by atoms with Crippen molar-refractivity contribution in [2.45, 2.75) is 84.7 Å². The Labute approximate surface area is 130 Å². The first kappa shape index (κ1) is 14.5. The second-order valence-electron chi connectivity index (χ2n) is 9.60. The van der Waals surface area contributed by atoms with Gasteiger partial charge in [0.25, 0.3) is 0 Å². The van der Waals surface area contributed by atoms with Gasteiger partial charge in [-0.3, -0.25) is 0 Å². The van der Waals surface area contributed by atoms with Gasteiger partial charge in [0, 0.05) is 0 Å². The molecule has 0 aromatic heterocycles. The van der Waals surface area contributed by atoms with E-state index in [1.165, 1.54) is 51.4 Å². The van der Waals surface area contributed by atoms with Gasteiger partial charge in [-0.05, 0) is 85.4 Å². The third-order valence-corrected chi connectivity index (χ3v) is 8.85. The molecule has 0 radical (unpaired) electrons. The lowest BCUT2D eigenvalue weighted by molar-refractivity contribution is -0.126. The summed E-state index contributed by atoms with van der Waals surface area (Å²) in [5, 5.41) is 10.6. The average molecular weight is 290 g/mol. The van der Waals surface area contributed by atoms with E-state index < -0.39 is 0 Å². The quantitative estimate of drug-likeness (QED) is 0.663. The van der Waals surface area contributed by atoms with E-state index in [2.05, 4.69) is 20.8 Å². The van der Waals surface area contributed by atoms with Crippen molar-refractivity contribution >= 4 is 0 Å². The Kier molecular flexibility index (Phi) is 3.27. The summed E-state index contributed by atoms with van der Waals surface area (Å²) >= 11 is 0. The van der Waals surface area contributed by atoms with Crippen LogP contribution in [0.4, 0.5) is 0 Å². The smallest absolute Gasteiger partial charge is 0.0599 e. The molecule has 0 aromatic carbocycles. The Hall–Kier alpha value is -0.0400. The van der Waals surface area contributed by atoms with Crippen LogP contribution in [0.1, 0.15) is 78.6 Å². The summed E-state index contributed by atoms with van der Waals surface area (Å²) in [6, 6.07) is 0. The Balaban J connectivity index is 1.67. The molecule has 0 amide bonds. The average Bonchev–Trinajstić information content (AvgIpc) is 2.68. The minimum atomic E-state index is -0.0321. The minimum Gasteiger partial charge on any atom is -0.393 e. The van der Waals surface area contributed by atoms with E-state index in [1.54, 1.807) is 0 Å². The highest BCUT2D eigenvalue weighted by Gasteiger charge is 2.61. The van der Waals surface area contributed by atoms with Gasteiger partial charge >= 0.3 is 0 Å². The maximum absolute atomic E-state index is 10.6. The highest BCUT2D eigenvalue weighted by atomic mass is 16.3. The summed E-state index contributed by atoms with van der Waals surface area (Å²) in [4.78, 5) is 0. The van der Waals surface area contributed by atoms with Crippen molar-refractivity contribution in [3.8, 4) is 0 Å². The zero-order valence-electron chi connectivity index (χ0n) is 14.3. The van der Waals surface area contributed by atoms with Crippen LogP contribution in [0.2, 0.25) is 0 Å². The summed E-state index contributed by atoms with van der Waals surface area (Å²) in [5.41, 5.74) is 0.869. The van der Waals surface area contributed by atoms with Gasteiger partial charge in [0.05, 0.1) is 6.10 Å². The molecule has 1 N–H and O–H groups in total. The molecule has 1 nitrogen and oxygen atoms in total. The summed E-state index contributed by atoms with van der Waals surface area (Å²) in [7, 11) is 0. The predicted molar refractivity (Wildman–Crippen MR) is 86.9 cm³/mol. The zero-order valence-corrected chi connectivity index (χ0v) is 14.3. The van der Waals surface area contributed by atoms with Crippen molar-refractivity contribution in [2.24, 2.45) is 40.4 Å². The number of fused-ring (bicyclic) bond motifs is 5. The van der Waals surface area contributed by atoms with Crippen molar-refractivity contribution in [1.29, 1.82) is 0 Å². The van der Waals surface area contributed by atoms with Crippen molar-refractivity contribution in [3.63, 3.8) is 0 Å². The van der Waals surface area contributed by atoms with Gasteiger partial charge in [-0.2, -0.15) is 0 Å². The fourth-order valence-corrected chi connectivity index (χ4v) is 7.80. The molecule has 21 heavy (non-hydrogen) atoms. The molecule has 1 heteroatoms. The number of aliphatic hydroxyl groups excluding tert-OH is 1. The second kappa shape index (κ2) is 4.73. The van der Waals surface area contributed by atoms with Crippen molar-refractivity contribution in [1.82, 2.24) is 0 Å². The van der Waals surface area contributed by atoms with Gasteiger partial charge in [-0.15, -0.1) is 0 Å². The van der Waals surface area contributed by atoms with Crippen molar-refractivity contribution in [2.75, 3.05) is 0 Å². The van der Waals surface area contributed by atoms with Crippen LogP contribution in [0.25, 0.3) is 0 Å². The van der Waals surface area contributed by atoms with Gasteiger partial charge in [-0.25, -0.2) is 0 Å². The standard InChI is InChI=1S/C20H34O/c1-13-12-17(21)20(3)11-9-16-15(18(13)20)8-7-14-6-4-5-10-19(14,16)2/h13-18,21H,4-12H2,1-3H3/t13-,14?,15-,16+,17+,18+,19+,20-/m1/s1. The van der Waals surface area contributed by atoms with Crippen molar-refractivity contribution in [3.05, 3.63) is 0 Å². The number of rotatable bonds is 0. The van der Waals surface area contributed by atoms with Crippen LogP contribution in [-0.2, 0) is 0 Å². The first-order valence-electron chi connectivity index (χ1n) is 9.65. The summed E-state index contributed by atoms with van der Waals surface area (Å²) in [6.45, 7) is 7.49. The molecule has 8 atom stereocenters. The number of hydrogen-bond acceptors (Lipinski definition) is 1. The van der Waals surface area contributed by atoms with Crippen LogP contribution in [-0.4, -0.2) is 11.2 Å². The van der Waals surface area contributed by atoms with E-state index in [0.29, 0.717) is 5.41 Å². The number of hydrogen-bond donors (Lipinski definition) is 1. The SMILES string of the molecule is C[C@@H]1C[C@H](O)[C@@]2(C)CC[C@H]3[C@@H](CCC4CCCC[C@@]43C)[C@H]12. The van der Waals surface area contributed by atoms with Gasteiger partial charge in [0.15, 0.2) is 0 Å². The maximum Gasteiger partial charge on any atom is 0.0599 e. The maximum atomic E-state index is 10.6. The summed E-state index contributed by atoms with van der Waals surface area (Å²) < 4.78 is 0. The first-order valence-corrected chi connectivity index (χ1v) is 9.65. The zero-order chi connectivity index (χ0) is 14.8. The molecule has 1 unspecified atom stereocenters. The normalized spacial score (nSPS) is 60.0. The Morgan fingerprint density at radius 2 is 1.71 bits per heavy atom. The lowest BCUT2D eigenvalue weighted by Crippen LogP contribution is -2.54. The minimum absolute atomic E-state index is 0.0321. The molecular weight excluding hydrogens is 256 g/mol. The Morgan fingerprint density at radius 1 is 0.905 bits per heavy atom. The van der Waals surface area contributed by atoms with Gasteiger partial charge in [0.2, 0.25) is 0 Å². The molecule has 0 spiro atoms. The molecule has 120 valence electrons. The Bertz CT molecular complexity index is 418. The fraction of sp³-hybridized carbons (Fsp3) is 1.00. The molecule has 0 aromatic rings. The largest absolute Gasteiger partial charge is 0.393 e. The topological polar surface area (TPSA) is 20.2 Å². The molecule has 0 saturated heterocycles. The van der Waals surface area contributed by atoms with Gasteiger partial charge in [0.1, 0.15) is 0 Å². The fourth-order valence-electron chi connectivity index (χ4n) is 7.80. The van der Waals surface area contributed by atoms with E-state index >= 15 is 0 Å². The molecular formula is C20H34O. The third kappa shape index (κ3) is 1.85. The molecule has 4 fully saturated rings. The summed E-state index contributed by atoms with van der Waals surface area (Å²) in [6.07, 6.45) is 12.6. The van der Waals surface area contributed by atoms with E-state index in [-0.39, 0.29) is 11.5 Å². The van der Waals surface area contributed by atoms with E-state index in [0.717, 1.165) is 36.0 Å². The lowest BCUT2D eigenvalue weighted by atomic mass is 9.44.